The lowest BCUT2D eigenvalue weighted by Gasteiger charge is -2.17. The molecule has 1 aromatic carbocycles. The van der Waals surface area contributed by atoms with Crippen LogP contribution in [0.25, 0.3) is 0 Å². The zero-order valence-electron chi connectivity index (χ0n) is 14.4. The zero-order chi connectivity index (χ0) is 20.1. The number of carbonyl (C=O) groups excluding carboxylic acids is 3. The summed E-state index contributed by atoms with van der Waals surface area (Å²) in [5.41, 5.74) is 0.230. The number of anilines is 1. The lowest BCUT2D eigenvalue weighted by molar-refractivity contribution is -0.490. The van der Waals surface area contributed by atoms with Crippen LogP contribution in [0, 0.1) is 33.7 Å². The third kappa shape index (κ3) is 5.72. The predicted octanol–water partition coefficient (Wildman–Crippen LogP) is 2.47. The van der Waals surface area contributed by atoms with E-state index < -0.39 is 47.6 Å². The maximum absolute atomic E-state index is 13.1. The summed E-state index contributed by atoms with van der Waals surface area (Å²) >= 11 is 5.60. The second-order valence-corrected chi connectivity index (χ2v) is 6.88. The van der Waals surface area contributed by atoms with E-state index in [1.54, 1.807) is 6.92 Å². The Hall–Kier alpha value is -2.55. The van der Waals surface area contributed by atoms with Crippen molar-refractivity contribution >= 4 is 34.9 Å². The van der Waals surface area contributed by atoms with Crippen molar-refractivity contribution in [1.82, 2.24) is 0 Å². The molecule has 1 aliphatic carbocycles. The van der Waals surface area contributed by atoms with Gasteiger partial charge in [-0.15, -0.1) is 0 Å². The summed E-state index contributed by atoms with van der Waals surface area (Å²) in [4.78, 5) is 46.0. The van der Waals surface area contributed by atoms with Crippen LogP contribution in [0.2, 0.25) is 5.02 Å². The molecule has 1 saturated carbocycles. The average Bonchev–Trinajstić information content (AvgIpc) is 2.83. The maximum atomic E-state index is 13.1. The van der Waals surface area contributed by atoms with E-state index in [2.05, 4.69) is 5.32 Å². The number of nitrogens with one attached hydrogen (secondary N) is 1. The van der Waals surface area contributed by atoms with Gasteiger partial charge in [0, 0.05) is 28.9 Å². The van der Waals surface area contributed by atoms with Crippen LogP contribution in [0.1, 0.15) is 19.8 Å². The molecule has 27 heavy (non-hydrogen) atoms. The molecule has 0 aromatic heterocycles. The minimum atomic E-state index is -0.789. The predicted molar refractivity (Wildman–Crippen MR) is 93.2 cm³/mol. The zero-order valence-corrected chi connectivity index (χ0v) is 15.2. The van der Waals surface area contributed by atoms with Gasteiger partial charge in [-0.25, -0.2) is 4.39 Å². The van der Waals surface area contributed by atoms with E-state index >= 15 is 0 Å². The van der Waals surface area contributed by atoms with Gasteiger partial charge in [-0.2, -0.15) is 0 Å². The first kappa shape index (κ1) is 20.8. The molecule has 0 spiro atoms. The van der Waals surface area contributed by atoms with Gasteiger partial charge >= 0.3 is 5.97 Å². The van der Waals surface area contributed by atoms with Crippen molar-refractivity contribution in [2.45, 2.75) is 19.8 Å². The molecule has 1 fully saturated rings. The first-order valence-electron chi connectivity index (χ1n) is 8.22. The van der Waals surface area contributed by atoms with Crippen LogP contribution in [-0.4, -0.2) is 35.7 Å². The van der Waals surface area contributed by atoms with Gasteiger partial charge in [0.25, 0.3) is 5.91 Å². The molecule has 2 rings (SSSR count). The van der Waals surface area contributed by atoms with Gasteiger partial charge in [-0.1, -0.05) is 18.5 Å². The Balaban J connectivity index is 1.85. The number of nitro groups is 1. The van der Waals surface area contributed by atoms with Crippen molar-refractivity contribution in [3.8, 4) is 0 Å². The van der Waals surface area contributed by atoms with Gasteiger partial charge < -0.3 is 10.1 Å². The third-order valence-electron chi connectivity index (χ3n) is 4.50. The van der Waals surface area contributed by atoms with E-state index in [-0.39, 0.29) is 35.3 Å². The van der Waals surface area contributed by atoms with Crippen LogP contribution in [0.5, 0.6) is 0 Å². The van der Waals surface area contributed by atoms with Crippen LogP contribution in [0.3, 0.4) is 0 Å². The van der Waals surface area contributed by atoms with Crippen molar-refractivity contribution in [3.05, 3.63) is 39.2 Å². The van der Waals surface area contributed by atoms with E-state index in [0.29, 0.717) is 0 Å². The van der Waals surface area contributed by atoms with Gasteiger partial charge in [0.2, 0.25) is 6.54 Å². The van der Waals surface area contributed by atoms with Crippen molar-refractivity contribution in [3.63, 3.8) is 0 Å². The van der Waals surface area contributed by atoms with Gasteiger partial charge in [-0.05, 0) is 24.1 Å². The van der Waals surface area contributed by atoms with Crippen LogP contribution in [-0.2, 0) is 19.1 Å². The Bertz CT molecular complexity index is 772. The van der Waals surface area contributed by atoms with Gasteiger partial charge in [0.1, 0.15) is 11.6 Å². The number of ketones is 1. The molecule has 0 bridgehead atoms. The van der Waals surface area contributed by atoms with Crippen molar-refractivity contribution in [2.24, 2.45) is 17.8 Å². The molecule has 0 aliphatic heterocycles. The summed E-state index contributed by atoms with van der Waals surface area (Å²) in [7, 11) is 0. The Morgan fingerprint density at radius 3 is 2.78 bits per heavy atom. The van der Waals surface area contributed by atoms with Crippen molar-refractivity contribution in [2.75, 3.05) is 18.5 Å². The highest BCUT2D eigenvalue weighted by molar-refractivity contribution is 6.31. The fourth-order valence-corrected chi connectivity index (χ4v) is 3.34. The number of amides is 1. The highest BCUT2D eigenvalue weighted by Gasteiger charge is 2.44. The molecule has 146 valence electrons. The summed E-state index contributed by atoms with van der Waals surface area (Å²) in [5.74, 6) is -3.81. The van der Waals surface area contributed by atoms with Gasteiger partial charge in [0.05, 0.1) is 11.4 Å². The molecule has 0 saturated heterocycles. The molecule has 10 heteroatoms. The standard InChI is InChI=1S/C17H18ClFN2O6/c1-9-4-15(22)11(12(9)7-21(25)26)6-17(24)27-8-16(23)20-10-2-3-14(19)13(18)5-10/h2-3,5,9,11-12H,4,6-8H2,1H3,(H,20,23)/t9-,11-,12+/m0/s1. The first-order valence-corrected chi connectivity index (χ1v) is 8.60. The van der Waals surface area contributed by atoms with Crippen molar-refractivity contribution in [1.29, 1.82) is 0 Å². The number of hydrogen-bond acceptors (Lipinski definition) is 6. The average molecular weight is 401 g/mol. The maximum Gasteiger partial charge on any atom is 0.307 e. The molecule has 3 atom stereocenters. The normalized spacial score (nSPS) is 21.7. The molecule has 1 aromatic rings. The van der Waals surface area contributed by atoms with Crippen LogP contribution in [0.15, 0.2) is 18.2 Å². The lowest BCUT2D eigenvalue weighted by Crippen LogP contribution is -2.28. The van der Waals surface area contributed by atoms with Gasteiger partial charge in [0.15, 0.2) is 6.61 Å². The van der Waals surface area contributed by atoms with Crippen molar-refractivity contribution < 1.29 is 28.4 Å². The van der Waals surface area contributed by atoms with Gasteiger partial charge in [-0.3, -0.25) is 24.5 Å². The third-order valence-corrected chi connectivity index (χ3v) is 4.79. The Kier molecular flexibility index (Phi) is 6.84. The first-order chi connectivity index (χ1) is 12.7. The monoisotopic (exact) mass is 400 g/mol. The minimum Gasteiger partial charge on any atom is -0.456 e. The quantitative estimate of drug-likeness (QED) is 0.427. The second kappa shape index (κ2) is 8.90. The van der Waals surface area contributed by atoms with E-state index in [1.807, 2.05) is 0 Å². The highest BCUT2D eigenvalue weighted by atomic mass is 35.5. The molecule has 1 N–H and O–H groups in total. The molecule has 0 unspecified atom stereocenters. The molecule has 0 heterocycles. The summed E-state index contributed by atoms with van der Waals surface area (Å²) in [5, 5.41) is 13.0. The van der Waals surface area contributed by atoms with E-state index in [1.165, 1.54) is 12.1 Å². The number of rotatable bonds is 7. The van der Waals surface area contributed by atoms with Crippen LogP contribution >= 0.6 is 11.6 Å². The largest absolute Gasteiger partial charge is 0.456 e. The summed E-state index contributed by atoms with van der Waals surface area (Å²) in [6.07, 6.45) is -0.125. The summed E-state index contributed by atoms with van der Waals surface area (Å²) in [6, 6.07) is 3.57. The van der Waals surface area contributed by atoms with E-state index in [9.17, 15) is 28.9 Å². The number of ether oxygens (including phenoxy) is 1. The number of Topliss-reactive ketones (excluding diaryl/α,β-unsaturated/α-hetero) is 1. The minimum absolute atomic E-state index is 0.171. The van der Waals surface area contributed by atoms with Crippen LogP contribution < -0.4 is 5.32 Å². The number of hydrogen-bond donors (Lipinski definition) is 1. The fraction of sp³-hybridized carbons (Fsp3) is 0.471. The van der Waals surface area contributed by atoms with Crippen LogP contribution in [0.4, 0.5) is 10.1 Å². The molecular weight excluding hydrogens is 383 g/mol. The molecular formula is C17H18ClFN2O6. The molecule has 8 nitrogen and oxygen atoms in total. The lowest BCUT2D eigenvalue weighted by atomic mass is 9.88. The number of halogens is 2. The highest BCUT2D eigenvalue weighted by Crippen LogP contribution is 2.36. The topological polar surface area (TPSA) is 116 Å². The summed E-state index contributed by atoms with van der Waals surface area (Å²) < 4.78 is 17.9. The smallest absolute Gasteiger partial charge is 0.307 e. The van der Waals surface area contributed by atoms with E-state index in [4.69, 9.17) is 16.3 Å². The number of esters is 1. The molecule has 0 radical (unpaired) electrons. The SMILES string of the molecule is C[C@H]1CC(=O)[C@@H](CC(=O)OCC(=O)Nc2ccc(F)c(Cl)c2)[C@@H]1C[N+](=O)[O-]. The second-order valence-electron chi connectivity index (χ2n) is 6.48. The Morgan fingerprint density at radius 2 is 2.15 bits per heavy atom. The number of benzene rings is 1. The fourth-order valence-electron chi connectivity index (χ4n) is 3.16. The Morgan fingerprint density at radius 1 is 1.44 bits per heavy atom. The number of carbonyl (C=O) groups is 3. The number of nitrogens with zero attached hydrogens (tertiary/aromatic N) is 1. The molecule has 1 aliphatic rings. The Labute approximate surface area is 159 Å². The summed E-state index contributed by atoms with van der Waals surface area (Å²) in [6.45, 7) is 0.736. The van der Waals surface area contributed by atoms with E-state index in [0.717, 1.165) is 6.07 Å². The molecule has 1 amide bonds.